The monoisotopic (exact) mass is 358 g/mol. The van der Waals surface area contributed by atoms with E-state index < -0.39 is 23.4 Å². The van der Waals surface area contributed by atoms with Crippen LogP contribution in [0.2, 0.25) is 0 Å². The normalized spacial score (nSPS) is 17.5. The highest BCUT2D eigenvalue weighted by molar-refractivity contribution is 6.05. The fraction of sp³-hybridized carbons (Fsp3) is 0.158. The van der Waals surface area contributed by atoms with Crippen molar-refractivity contribution in [3.05, 3.63) is 77.2 Å². The Hall–Kier alpha value is -3.27. The van der Waals surface area contributed by atoms with Crippen LogP contribution in [-0.4, -0.2) is 12.4 Å². The fourth-order valence-electron chi connectivity index (χ4n) is 2.64. The van der Waals surface area contributed by atoms with Crippen LogP contribution in [0.3, 0.4) is 0 Å². The van der Waals surface area contributed by atoms with Gasteiger partial charge in [0.2, 0.25) is 5.88 Å². The van der Waals surface area contributed by atoms with Gasteiger partial charge in [-0.25, -0.2) is 0 Å². The lowest BCUT2D eigenvalue weighted by molar-refractivity contribution is -0.137. The topological polar surface area (TPSA) is 62.1 Å². The van der Waals surface area contributed by atoms with Gasteiger partial charge >= 0.3 is 6.18 Å². The molecule has 2 aromatic carbocycles. The average molecular weight is 358 g/mol. The zero-order valence-corrected chi connectivity index (χ0v) is 13.4. The molecule has 0 aliphatic carbocycles. The Morgan fingerprint density at radius 2 is 1.85 bits per heavy atom. The Labute approximate surface area is 147 Å². The van der Waals surface area contributed by atoms with Gasteiger partial charge in [0.05, 0.1) is 11.5 Å². The van der Waals surface area contributed by atoms with Crippen LogP contribution in [-0.2, 0) is 15.7 Å². The van der Waals surface area contributed by atoms with E-state index >= 15 is 0 Å². The minimum atomic E-state index is -4.49. The van der Waals surface area contributed by atoms with Crippen LogP contribution < -0.4 is 5.32 Å². The number of rotatable bonds is 3. The summed E-state index contributed by atoms with van der Waals surface area (Å²) in [6, 6.07) is 15.1. The summed E-state index contributed by atoms with van der Waals surface area (Å²) in [7, 11) is 0. The van der Waals surface area contributed by atoms with E-state index in [-0.39, 0.29) is 23.8 Å². The van der Waals surface area contributed by atoms with E-state index in [2.05, 4.69) is 5.32 Å². The maximum absolute atomic E-state index is 12.8. The lowest BCUT2D eigenvalue weighted by Gasteiger charge is -2.25. The van der Waals surface area contributed by atoms with Crippen LogP contribution in [0.4, 0.5) is 18.9 Å². The van der Waals surface area contributed by atoms with Gasteiger partial charge in [-0.1, -0.05) is 36.4 Å². The number of hydrogen-bond donors (Lipinski definition) is 1. The third kappa shape index (κ3) is 3.54. The molecule has 0 bridgehead atoms. The van der Waals surface area contributed by atoms with Crippen LogP contribution in [0.25, 0.3) is 0 Å². The van der Waals surface area contributed by atoms with Gasteiger partial charge in [-0.15, -0.1) is 0 Å². The number of Topliss-reactive ketones (excluding diaryl/α,β-unsaturated/α-hetero) is 1. The van der Waals surface area contributed by atoms with Gasteiger partial charge in [0.25, 0.3) is 0 Å². The molecule has 1 aliphatic rings. The second-order valence-electron chi connectivity index (χ2n) is 5.66. The summed E-state index contributed by atoms with van der Waals surface area (Å²) in [6.45, 7) is -0.00464. The molecular weight excluding hydrogens is 345 g/mol. The highest BCUT2D eigenvalue weighted by atomic mass is 19.4. The van der Waals surface area contributed by atoms with E-state index in [1.807, 2.05) is 0 Å². The van der Waals surface area contributed by atoms with Crippen molar-refractivity contribution in [2.45, 2.75) is 12.1 Å². The first-order valence-corrected chi connectivity index (χ1v) is 7.71. The van der Waals surface area contributed by atoms with E-state index in [0.29, 0.717) is 5.56 Å². The predicted molar refractivity (Wildman–Crippen MR) is 87.8 cm³/mol. The predicted octanol–water partition coefficient (Wildman–Crippen LogP) is 4.24. The lowest BCUT2D eigenvalue weighted by atomic mass is 9.90. The average Bonchev–Trinajstić information content (AvgIpc) is 2.62. The number of ether oxygens (including phenoxy) is 1. The van der Waals surface area contributed by atoms with Gasteiger partial charge in [0.15, 0.2) is 11.4 Å². The summed E-state index contributed by atoms with van der Waals surface area (Å²) in [4.78, 5) is 12.6. The van der Waals surface area contributed by atoms with E-state index in [4.69, 9.17) is 4.74 Å². The number of hydrogen-bond acceptors (Lipinski definition) is 4. The van der Waals surface area contributed by atoms with Gasteiger partial charge in [-0.2, -0.15) is 18.4 Å². The molecule has 0 spiro atoms. The summed E-state index contributed by atoms with van der Waals surface area (Å²) >= 11 is 0. The third-order valence-electron chi connectivity index (χ3n) is 3.95. The molecule has 1 atom stereocenters. The molecule has 1 aliphatic heterocycles. The summed E-state index contributed by atoms with van der Waals surface area (Å²) in [6.07, 6.45) is -4.49. The third-order valence-corrected chi connectivity index (χ3v) is 3.95. The number of ketones is 1. The summed E-state index contributed by atoms with van der Waals surface area (Å²) in [5.41, 5.74) is -0.301. The molecule has 1 N–H and O–H groups in total. The first kappa shape index (κ1) is 17.5. The van der Waals surface area contributed by atoms with Crippen LogP contribution in [0.1, 0.15) is 17.0 Å². The van der Waals surface area contributed by atoms with Crippen LogP contribution >= 0.6 is 0 Å². The quantitative estimate of drug-likeness (QED) is 0.892. The zero-order chi connectivity index (χ0) is 18.7. The SMILES string of the molecule is N#CC1=C(Nc2cccc(C(F)(F)F)c2)OCC(c2ccccc2)C1=O. The molecule has 0 saturated heterocycles. The molecule has 132 valence electrons. The number of halogens is 3. The molecule has 1 unspecified atom stereocenters. The van der Waals surface area contributed by atoms with Crippen LogP contribution in [0.15, 0.2) is 66.1 Å². The van der Waals surface area contributed by atoms with Gasteiger partial charge in [-0.3, -0.25) is 4.79 Å². The van der Waals surface area contributed by atoms with E-state index in [1.54, 1.807) is 36.4 Å². The van der Waals surface area contributed by atoms with Gasteiger partial charge < -0.3 is 10.1 Å². The Morgan fingerprint density at radius 1 is 1.12 bits per heavy atom. The molecule has 0 amide bonds. The van der Waals surface area contributed by atoms with E-state index in [0.717, 1.165) is 12.1 Å². The number of nitrogens with one attached hydrogen (secondary N) is 1. The highest BCUT2D eigenvalue weighted by Crippen LogP contribution is 2.32. The molecule has 3 rings (SSSR count). The Morgan fingerprint density at radius 3 is 2.50 bits per heavy atom. The Bertz CT molecular complexity index is 899. The molecule has 0 fully saturated rings. The maximum atomic E-state index is 12.8. The van der Waals surface area contributed by atoms with Crippen LogP contribution in [0.5, 0.6) is 0 Å². The summed E-state index contributed by atoms with van der Waals surface area (Å²) < 4.78 is 43.9. The largest absolute Gasteiger partial charge is 0.477 e. The summed E-state index contributed by atoms with van der Waals surface area (Å²) in [5.74, 6) is -1.19. The first-order chi connectivity index (χ1) is 12.4. The Kier molecular flexibility index (Phi) is 4.67. The minimum Gasteiger partial charge on any atom is -0.477 e. The highest BCUT2D eigenvalue weighted by Gasteiger charge is 2.34. The number of nitriles is 1. The van der Waals surface area contributed by atoms with Gasteiger partial charge in [0.1, 0.15) is 12.7 Å². The van der Waals surface area contributed by atoms with E-state index in [9.17, 15) is 23.2 Å². The smallest absolute Gasteiger partial charge is 0.416 e. The number of alkyl halides is 3. The molecule has 0 radical (unpaired) electrons. The zero-order valence-electron chi connectivity index (χ0n) is 13.4. The molecular formula is C19H13F3N2O2. The van der Waals surface area contributed by atoms with Crippen molar-refractivity contribution in [1.82, 2.24) is 0 Å². The van der Waals surface area contributed by atoms with Crippen LogP contribution in [0, 0.1) is 11.3 Å². The van der Waals surface area contributed by atoms with Crippen molar-refractivity contribution in [2.75, 3.05) is 11.9 Å². The number of benzene rings is 2. The second kappa shape index (κ2) is 6.92. The maximum Gasteiger partial charge on any atom is 0.416 e. The molecule has 0 aromatic heterocycles. The lowest BCUT2D eigenvalue weighted by Crippen LogP contribution is -2.28. The number of nitrogens with zero attached hydrogens (tertiary/aromatic N) is 1. The molecule has 4 nitrogen and oxygen atoms in total. The first-order valence-electron chi connectivity index (χ1n) is 7.71. The molecule has 1 heterocycles. The number of carbonyl (C=O) groups excluding carboxylic acids is 1. The van der Waals surface area contributed by atoms with Crippen molar-refractivity contribution in [2.24, 2.45) is 0 Å². The molecule has 2 aromatic rings. The van der Waals surface area contributed by atoms with Crippen molar-refractivity contribution < 1.29 is 22.7 Å². The number of carbonyl (C=O) groups is 1. The molecule has 7 heteroatoms. The summed E-state index contributed by atoms with van der Waals surface area (Å²) in [5, 5.41) is 11.9. The van der Waals surface area contributed by atoms with Crippen molar-refractivity contribution >= 4 is 11.5 Å². The minimum absolute atomic E-state index is 0.00464. The van der Waals surface area contributed by atoms with Gasteiger partial charge in [-0.05, 0) is 23.8 Å². The fourth-order valence-corrected chi connectivity index (χ4v) is 2.64. The van der Waals surface area contributed by atoms with E-state index in [1.165, 1.54) is 12.1 Å². The standard InChI is InChI=1S/C19H13F3N2O2/c20-19(21,22)13-7-4-8-14(9-13)24-18-15(10-23)17(25)16(11-26-18)12-5-2-1-3-6-12/h1-9,16,24H,11H2. The molecule has 26 heavy (non-hydrogen) atoms. The second-order valence-corrected chi connectivity index (χ2v) is 5.66. The number of allylic oxidation sites excluding steroid dienone is 1. The van der Waals surface area contributed by atoms with Crippen molar-refractivity contribution in [3.8, 4) is 6.07 Å². The van der Waals surface area contributed by atoms with Crippen molar-refractivity contribution in [3.63, 3.8) is 0 Å². The molecule has 0 saturated carbocycles. The van der Waals surface area contributed by atoms with Gasteiger partial charge in [0, 0.05) is 5.69 Å². The Balaban J connectivity index is 1.89. The van der Waals surface area contributed by atoms with Crippen molar-refractivity contribution in [1.29, 1.82) is 5.26 Å². The number of anilines is 1.